The molecule has 0 radical (unpaired) electrons. The van der Waals surface area contributed by atoms with E-state index in [9.17, 15) is 0 Å². The molecule has 110 valence electrons. The molecule has 2 aromatic carbocycles. The molecule has 0 N–H and O–H groups in total. The predicted molar refractivity (Wildman–Crippen MR) is 93.6 cm³/mol. The molecular formula is C21H20O. The number of hydrogen-bond donors (Lipinski definition) is 0. The van der Waals surface area contributed by atoms with E-state index in [1.54, 1.807) is 7.11 Å². The summed E-state index contributed by atoms with van der Waals surface area (Å²) in [6.45, 7) is 4.18. The molecule has 0 unspecified atom stereocenters. The van der Waals surface area contributed by atoms with Crippen LogP contribution in [0.5, 0.6) is 5.75 Å². The van der Waals surface area contributed by atoms with Crippen LogP contribution in [0.25, 0.3) is 12.2 Å². The lowest BCUT2D eigenvalue weighted by atomic mass is 10.1. The summed E-state index contributed by atoms with van der Waals surface area (Å²) in [5.74, 6) is 7.65. The van der Waals surface area contributed by atoms with Crippen LogP contribution in [0.4, 0.5) is 0 Å². The van der Waals surface area contributed by atoms with Crippen molar-refractivity contribution in [2.75, 3.05) is 7.11 Å². The summed E-state index contributed by atoms with van der Waals surface area (Å²) in [7, 11) is 1.67. The van der Waals surface area contributed by atoms with Crippen LogP contribution in [-0.4, -0.2) is 7.11 Å². The van der Waals surface area contributed by atoms with Crippen LogP contribution in [-0.2, 0) is 0 Å². The first kappa shape index (κ1) is 15.7. The fraction of sp³-hybridized carbons (Fsp3) is 0.190. The molecule has 2 aromatic rings. The zero-order valence-electron chi connectivity index (χ0n) is 13.3. The van der Waals surface area contributed by atoms with Gasteiger partial charge in [0.25, 0.3) is 0 Å². The molecular weight excluding hydrogens is 268 g/mol. The summed E-state index contributed by atoms with van der Waals surface area (Å²) >= 11 is 0. The molecule has 0 amide bonds. The SMILES string of the molecule is COc1ccc(C=C=Cc2ccccc2C#CC(C)C)cc1. The van der Waals surface area contributed by atoms with Gasteiger partial charge in [0.15, 0.2) is 0 Å². The van der Waals surface area contributed by atoms with Gasteiger partial charge in [0.1, 0.15) is 5.75 Å². The fourth-order valence-electron chi connectivity index (χ4n) is 1.89. The van der Waals surface area contributed by atoms with Gasteiger partial charge in [-0.2, -0.15) is 0 Å². The molecule has 0 aliphatic heterocycles. The summed E-state index contributed by atoms with van der Waals surface area (Å²) in [5.41, 5.74) is 6.43. The van der Waals surface area contributed by atoms with E-state index in [1.807, 2.05) is 54.6 Å². The maximum atomic E-state index is 5.15. The first-order valence-electron chi connectivity index (χ1n) is 7.36. The largest absolute Gasteiger partial charge is 0.497 e. The van der Waals surface area contributed by atoms with Crippen molar-refractivity contribution >= 4 is 12.2 Å². The third-order valence-corrected chi connectivity index (χ3v) is 3.06. The fourth-order valence-corrected chi connectivity index (χ4v) is 1.89. The maximum Gasteiger partial charge on any atom is 0.118 e. The minimum atomic E-state index is 0.367. The third-order valence-electron chi connectivity index (χ3n) is 3.06. The van der Waals surface area contributed by atoms with Crippen molar-refractivity contribution in [3.8, 4) is 17.6 Å². The highest BCUT2D eigenvalue weighted by Crippen LogP contribution is 2.13. The molecule has 22 heavy (non-hydrogen) atoms. The molecule has 0 spiro atoms. The monoisotopic (exact) mass is 288 g/mol. The minimum absolute atomic E-state index is 0.367. The van der Waals surface area contributed by atoms with Crippen LogP contribution in [0.2, 0.25) is 0 Å². The van der Waals surface area contributed by atoms with Crippen molar-refractivity contribution in [2.45, 2.75) is 13.8 Å². The number of methoxy groups -OCH3 is 1. The number of benzene rings is 2. The van der Waals surface area contributed by atoms with E-state index in [1.165, 1.54) is 0 Å². The number of ether oxygens (including phenoxy) is 1. The standard InChI is InChI=1S/C21H20O/c1-17(2)11-14-20-9-5-4-8-19(20)10-6-7-18-12-15-21(22-3)16-13-18/h4-5,7-10,12-13,15-17H,1-3H3. The molecule has 2 rings (SSSR count). The van der Waals surface area contributed by atoms with Crippen LogP contribution in [0.3, 0.4) is 0 Å². The molecule has 0 saturated carbocycles. The van der Waals surface area contributed by atoms with Crippen LogP contribution in [0.15, 0.2) is 54.3 Å². The van der Waals surface area contributed by atoms with E-state index < -0.39 is 0 Å². The summed E-state index contributed by atoms with van der Waals surface area (Å²) in [5, 5.41) is 0. The van der Waals surface area contributed by atoms with Crippen LogP contribution >= 0.6 is 0 Å². The second kappa shape index (κ2) is 7.93. The van der Waals surface area contributed by atoms with Gasteiger partial charge in [-0.15, -0.1) is 5.73 Å². The molecule has 0 aliphatic rings. The Bertz CT molecular complexity index is 733. The summed E-state index contributed by atoms with van der Waals surface area (Å²) in [4.78, 5) is 0. The predicted octanol–water partition coefficient (Wildman–Crippen LogP) is 5.03. The topological polar surface area (TPSA) is 9.23 Å². The van der Waals surface area contributed by atoms with E-state index in [4.69, 9.17) is 4.74 Å². The Kier molecular flexibility index (Phi) is 5.66. The molecule has 0 aliphatic carbocycles. The Morgan fingerprint density at radius 1 is 0.955 bits per heavy atom. The highest BCUT2D eigenvalue weighted by molar-refractivity contribution is 5.62. The number of rotatable bonds is 3. The molecule has 1 nitrogen and oxygen atoms in total. The highest BCUT2D eigenvalue weighted by Gasteiger charge is 1.94. The summed E-state index contributed by atoms with van der Waals surface area (Å²) < 4.78 is 5.15. The van der Waals surface area contributed by atoms with Crippen molar-refractivity contribution in [3.63, 3.8) is 0 Å². The second-order valence-corrected chi connectivity index (χ2v) is 5.24. The van der Waals surface area contributed by atoms with Crippen molar-refractivity contribution in [1.82, 2.24) is 0 Å². The van der Waals surface area contributed by atoms with Crippen LogP contribution in [0, 0.1) is 17.8 Å². The quantitative estimate of drug-likeness (QED) is 0.568. The average molecular weight is 288 g/mol. The highest BCUT2D eigenvalue weighted by atomic mass is 16.5. The van der Waals surface area contributed by atoms with E-state index in [-0.39, 0.29) is 0 Å². The van der Waals surface area contributed by atoms with E-state index in [2.05, 4.69) is 37.5 Å². The molecule has 0 aromatic heterocycles. The molecule has 0 fully saturated rings. The second-order valence-electron chi connectivity index (χ2n) is 5.24. The molecule has 1 heteroatoms. The molecule has 0 atom stereocenters. The Labute approximate surface area is 133 Å². The van der Waals surface area contributed by atoms with E-state index >= 15 is 0 Å². The van der Waals surface area contributed by atoms with E-state index in [0.717, 1.165) is 22.4 Å². The van der Waals surface area contributed by atoms with Gasteiger partial charge in [0, 0.05) is 11.5 Å². The van der Waals surface area contributed by atoms with Gasteiger partial charge in [-0.1, -0.05) is 56.0 Å². The van der Waals surface area contributed by atoms with Crippen molar-refractivity contribution in [3.05, 3.63) is 71.0 Å². The number of hydrogen-bond acceptors (Lipinski definition) is 1. The summed E-state index contributed by atoms with van der Waals surface area (Å²) in [6, 6.07) is 16.0. The Morgan fingerprint density at radius 2 is 1.68 bits per heavy atom. The van der Waals surface area contributed by atoms with Gasteiger partial charge in [0.05, 0.1) is 7.11 Å². The minimum Gasteiger partial charge on any atom is -0.497 e. The average Bonchev–Trinajstić information content (AvgIpc) is 2.54. The Hall–Kier alpha value is -2.68. The lowest BCUT2D eigenvalue weighted by molar-refractivity contribution is 0.415. The zero-order valence-corrected chi connectivity index (χ0v) is 13.3. The van der Waals surface area contributed by atoms with Gasteiger partial charge >= 0.3 is 0 Å². The lowest BCUT2D eigenvalue weighted by Gasteiger charge is -1.98. The normalized spacial score (nSPS) is 9.45. The van der Waals surface area contributed by atoms with Gasteiger partial charge in [-0.3, -0.25) is 0 Å². The zero-order chi connectivity index (χ0) is 15.8. The molecule has 0 heterocycles. The summed E-state index contributed by atoms with van der Waals surface area (Å²) in [6.07, 6.45) is 3.92. The van der Waals surface area contributed by atoms with Crippen molar-refractivity contribution < 1.29 is 4.74 Å². The van der Waals surface area contributed by atoms with Crippen molar-refractivity contribution in [1.29, 1.82) is 0 Å². The van der Waals surface area contributed by atoms with Gasteiger partial charge in [-0.25, -0.2) is 0 Å². The Morgan fingerprint density at radius 3 is 2.36 bits per heavy atom. The third kappa shape index (κ3) is 4.70. The lowest BCUT2D eigenvalue weighted by Crippen LogP contribution is -1.83. The van der Waals surface area contributed by atoms with Crippen molar-refractivity contribution in [2.24, 2.45) is 5.92 Å². The van der Waals surface area contributed by atoms with Crippen LogP contribution < -0.4 is 4.74 Å². The molecule has 0 bridgehead atoms. The maximum absolute atomic E-state index is 5.15. The first-order chi connectivity index (χ1) is 10.7. The Balaban J connectivity index is 2.22. The van der Waals surface area contributed by atoms with Gasteiger partial charge in [-0.05, 0) is 41.5 Å². The smallest absolute Gasteiger partial charge is 0.118 e. The molecule has 0 saturated heterocycles. The van der Waals surface area contributed by atoms with Crippen LogP contribution in [0.1, 0.15) is 30.5 Å². The van der Waals surface area contributed by atoms with E-state index in [0.29, 0.717) is 5.92 Å². The first-order valence-corrected chi connectivity index (χ1v) is 7.36. The van der Waals surface area contributed by atoms with Gasteiger partial charge < -0.3 is 4.74 Å². The van der Waals surface area contributed by atoms with Gasteiger partial charge in [0.2, 0.25) is 0 Å².